The van der Waals surface area contributed by atoms with Crippen LogP contribution in [0.5, 0.6) is 0 Å². The highest BCUT2D eigenvalue weighted by atomic mass is 32.1. The van der Waals surface area contributed by atoms with Gasteiger partial charge in [0.15, 0.2) is 0 Å². The molecule has 200 valence electrons. The lowest BCUT2D eigenvalue weighted by Gasteiger charge is -2.11. The van der Waals surface area contributed by atoms with Crippen LogP contribution in [-0.4, -0.2) is 9.13 Å². The molecule has 0 aliphatic heterocycles. The number of rotatable bonds is 2. The van der Waals surface area contributed by atoms with E-state index in [1.54, 1.807) is 0 Å². The van der Waals surface area contributed by atoms with Gasteiger partial charge in [0, 0.05) is 53.1 Å². The molecule has 43 heavy (non-hydrogen) atoms. The molecule has 0 saturated carbocycles. The lowest BCUT2D eigenvalue weighted by atomic mass is 10.0. The number of hydrogen-bond donors (Lipinski definition) is 0. The first kappa shape index (κ1) is 23.2. The van der Waals surface area contributed by atoms with Crippen LogP contribution < -0.4 is 0 Å². The van der Waals surface area contributed by atoms with Crippen molar-refractivity contribution in [1.82, 2.24) is 9.13 Å². The van der Waals surface area contributed by atoms with Crippen molar-refractivity contribution in [2.24, 2.45) is 0 Å². The minimum atomic E-state index is 1.18. The van der Waals surface area contributed by atoms with E-state index in [1.807, 2.05) is 11.3 Å². The zero-order chi connectivity index (χ0) is 28.1. The van der Waals surface area contributed by atoms with E-state index in [0.29, 0.717) is 0 Å². The third-order valence-corrected chi connectivity index (χ3v) is 10.2. The summed E-state index contributed by atoms with van der Waals surface area (Å²) in [7, 11) is 0. The molecular weight excluding hydrogens is 541 g/mol. The summed E-state index contributed by atoms with van der Waals surface area (Å²) < 4.78 is 7.52. The van der Waals surface area contributed by atoms with E-state index < -0.39 is 0 Å². The molecule has 3 heteroatoms. The molecule has 0 atom stereocenters. The molecule has 0 fully saturated rings. The number of para-hydroxylation sites is 3. The quantitative estimate of drug-likeness (QED) is 0.198. The molecule has 2 nitrogen and oxygen atoms in total. The summed E-state index contributed by atoms with van der Waals surface area (Å²) in [5, 5.41) is 10.3. The van der Waals surface area contributed by atoms with Crippen LogP contribution in [-0.2, 0) is 0 Å². The normalized spacial score (nSPS) is 12.2. The van der Waals surface area contributed by atoms with E-state index in [9.17, 15) is 0 Å². The maximum Gasteiger partial charge on any atom is 0.0547 e. The van der Waals surface area contributed by atoms with E-state index in [4.69, 9.17) is 0 Å². The predicted octanol–water partition coefficient (Wildman–Crippen LogP) is 11.4. The van der Waals surface area contributed by atoms with E-state index in [0.717, 1.165) is 0 Å². The molecule has 3 heterocycles. The van der Waals surface area contributed by atoms with Crippen molar-refractivity contribution in [3.63, 3.8) is 0 Å². The van der Waals surface area contributed by atoms with E-state index in [-0.39, 0.29) is 0 Å². The van der Waals surface area contributed by atoms with Gasteiger partial charge in [0.2, 0.25) is 0 Å². The average Bonchev–Trinajstić information content (AvgIpc) is 3.70. The number of thiophene rings is 1. The summed E-state index contributed by atoms with van der Waals surface area (Å²) in [5.74, 6) is 0. The molecule has 0 aliphatic carbocycles. The third-order valence-electron chi connectivity index (χ3n) is 9.06. The van der Waals surface area contributed by atoms with Crippen LogP contribution in [0, 0.1) is 0 Å². The van der Waals surface area contributed by atoms with Crippen molar-refractivity contribution in [1.29, 1.82) is 0 Å². The first-order valence-electron chi connectivity index (χ1n) is 14.7. The molecular formula is C40H24N2S. The van der Waals surface area contributed by atoms with Gasteiger partial charge in [0.1, 0.15) is 0 Å². The van der Waals surface area contributed by atoms with Crippen LogP contribution in [0.25, 0.3) is 85.9 Å². The average molecular weight is 565 g/mol. The minimum absolute atomic E-state index is 1.18. The molecule has 0 spiro atoms. The fourth-order valence-electron chi connectivity index (χ4n) is 7.17. The molecule has 10 aromatic rings. The maximum absolute atomic E-state index is 2.45. The van der Waals surface area contributed by atoms with Gasteiger partial charge in [-0.2, -0.15) is 0 Å². The molecule has 0 amide bonds. The zero-order valence-corrected chi connectivity index (χ0v) is 24.0. The van der Waals surface area contributed by atoms with Crippen LogP contribution in [0.3, 0.4) is 0 Å². The highest BCUT2D eigenvalue weighted by molar-refractivity contribution is 7.25. The van der Waals surface area contributed by atoms with Crippen LogP contribution in [0.2, 0.25) is 0 Å². The molecule has 0 saturated heterocycles. The summed E-state index contributed by atoms with van der Waals surface area (Å²) in [6, 6.07) is 53.5. The van der Waals surface area contributed by atoms with Gasteiger partial charge in [-0.1, -0.05) is 72.8 Å². The molecule has 7 aromatic carbocycles. The molecule has 10 rings (SSSR count). The van der Waals surface area contributed by atoms with Gasteiger partial charge in [-0.3, -0.25) is 0 Å². The Bertz CT molecular complexity index is 2720. The van der Waals surface area contributed by atoms with Gasteiger partial charge in [-0.15, -0.1) is 11.3 Å². The minimum Gasteiger partial charge on any atom is -0.309 e. The number of benzene rings is 7. The summed E-state index contributed by atoms with van der Waals surface area (Å²) in [6.07, 6.45) is 0. The van der Waals surface area contributed by atoms with Gasteiger partial charge in [-0.05, 0) is 83.6 Å². The first-order valence-corrected chi connectivity index (χ1v) is 15.5. The predicted molar refractivity (Wildman–Crippen MR) is 186 cm³/mol. The fraction of sp³-hybridized carbons (Fsp3) is 0. The maximum atomic E-state index is 2.45. The van der Waals surface area contributed by atoms with Crippen molar-refractivity contribution < 1.29 is 0 Å². The van der Waals surface area contributed by atoms with Gasteiger partial charge < -0.3 is 9.13 Å². The fourth-order valence-corrected chi connectivity index (χ4v) is 8.30. The van der Waals surface area contributed by atoms with Crippen molar-refractivity contribution in [3.8, 4) is 11.4 Å². The summed E-state index contributed by atoms with van der Waals surface area (Å²) >= 11 is 1.88. The Morgan fingerprint density at radius 1 is 0.326 bits per heavy atom. The van der Waals surface area contributed by atoms with Crippen molar-refractivity contribution in [3.05, 3.63) is 146 Å². The van der Waals surface area contributed by atoms with Crippen LogP contribution in [0.4, 0.5) is 0 Å². The van der Waals surface area contributed by atoms with E-state index >= 15 is 0 Å². The van der Waals surface area contributed by atoms with Gasteiger partial charge in [0.25, 0.3) is 0 Å². The summed E-state index contributed by atoms with van der Waals surface area (Å²) in [6.45, 7) is 0. The highest BCUT2D eigenvalue weighted by Crippen LogP contribution is 2.41. The van der Waals surface area contributed by atoms with Crippen molar-refractivity contribution in [2.75, 3.05) is 0 Å². The second-order valence-corrected chi connectivity index (χ2v) is 12.5. The van der Waals surface area contributed by atoms with Crippen LogP contribution in [0.15, 0.2) is 146 Å². The van der Waals surface area contributed by atoms with Gasteiger partial charge in [-0.25, -0.2) is 0 Å². The topological polar surface area (TPSA) is 9.86 Å². The summed E-state index contributed by atoms with van der Waals surface area (Å²) in [4.78, 5) is 0. The SMILES string of the molecule is c1ccc(-n2c3ccccc3c3cc(-n4c5ccccc5c5cc6cc7sc8ccccc8c7cc6cc54)ccc32)cc1. The zero-order valence-electron chi connectivity index (χ0n) is 23.2. The van der Waals surface area contributed by atoms with Crippen LogP contribution >= 0.6 is 11.3 Å². The van der Waals surface area contributed by atoms with Gasteiger partial charge >= 0.3 is 0 Å². The standard InChI is InChI=1S/C40H24N2S/c1-2-10-27(11-3-1)41-35-15-7-5-13-30(35)33-24-28(18-19-37(33)41)42-36-16-8-4-12-29(36)32-20-26-23-40-34(21-25(26)22-38(32)42)31-14-6-9-17-39(31)43-40/h1-24H. The number of hydrogen-bond acceptors (Lipinski definition) is 1. The molecule has 0 aliphatic rings. The number of nitrogens with zero attached hydrogens (tertiary/aromatic N) is 2. The lowest BCUT2D eigenvalue weighted by Crippen LogP contribution is -1.95. The van der Waals surface area contributed by atoms with Crippen LogP contribution in [0.1, 0.15) is 0 Å². The highest BCUT2D eigenvalue weighted by Gasteiger charge is 2.17. The largest absolute Gasteiger partial charge is 0.309 e. The molecule has 0 N–H and O–H groups in total. The Balaban J connectivity index is 1.29. The van der Waals surface area contributed by atoms with Crippen molar-refractivity contribution >= 4 is 85.9 Å². The third kappa shape index (κ3) is 3.23. The Labute approximate surface area is 251 Å². The summed E-state index contributed by atoms with van der Waals surface area (Å²) in [5.41, 5.74) is 7.26. The molecule has 3 aromatic heterocycles. The number of fused-ring (bicyclic) bond motifs is 10. The Kier molecular flexibility index (Phi) is 4.63. The Morgan fingerprint density at radius 2 is 0.907 bits per heavy atom. The molecule has 0 unspecified atom stereocenters. The second-order valence-electron chi connectivity index (χ2n) is 11.4. The van der Waals surface area contributed by atoms with Gasteiger partial charge in [0.05, 0.1) is 22.1 Å². The Morgan fingerprint density at radius 3 is 1.70 bits per heavy atom. The second kappa shape index (κ2) is 8.57. The van der Waals surface area contributed by atoms with E-state index in [1.165, 1.54) is 85.9 Å². The number of aromatic nitrogens is 2. The first-order chi connectivity index (χ1) is 21.3. The Hall–Kier alpha value is -5.38. The monoisotopic (exact) mass is 564 g/mol. The molecule has 0 radical (unpaired) electrons. The molecule has 0 bridgehead atoms. The smallest absolute Gasteiger partial charge is 0.0547 e. The lowest BCUT2D eigenvalue weighted by molar-refractivity contribution is 1.17. The van der Waals surface area contributed by atoms with Crippen molar-refractivity contribution in [2.45, 2.75) is 0 Å². The van der Waals surface area contributed by atoms with E-state index in [2.05, 4.69) is 155 Å².